The molecule has 1 spiro atoms. The normalized spacial score (nSPS) is 29.8. The molecule has 0 radical (unpaired) electrons. The molecule has 1 unspecified atom stereocenters. The van der Waals surface area contributed by atoms with Crippen molar-refractivity contribution in [2.24, 2.45) is 16.7 Å². The minimum absolute atomic E-state index is 0.0523. The van der Waals surface area contributed by atoms with Crippen molar-refractivity contribution in [3.05, 3.63) is 62.2 Å². The zero-order valence-corrected chi connectivity index (χ0v) is 24.5. The Morgan fingerprint density at radius 3 is 2.42 bits per heavy atom. The van der Waals surface area contributed by atoms with E-state index in [1.165, 1.54) is 11.3 Å². The van der Waals surface area contributed by atoms with Gasteiger partial charge < -0.3 is 19.3 Å². The minimum Gasteiger partial charge on any atom is -0.424 e. The molecule has 1 aromatic carbocycles. The van der Waals surface area contributed by atoms with Crippen LogP contribution in [0.2, 0.25) is 10.0 Å². The van der Waals surface area contributed by atoms with Gasteiger partial charge in [-0.1, -0.05) is 43.1 Å². The van der Waals surface area contributed by atoms with Gasteiger partial charge >= 0.3 is 0 Å². The maximum atomic E-state index is 13.3. The van der Waals surface area contributed by atoms with E-state index < -0.39 is 11.5 Å². The van der Waals surface area contributed by atoms with Crippen LogP contribution in [0.3, 0.4) is 0 Å². The second kappa shape index (κ2) is 8.98. The molecule has 9 nitrogen and oxygen atoms in total. The molecule has 7 rings (SSSR count). The number of hydrogen-bond donors (Lipinski definition) is 1. The fourth-order valence-electron chi connectivity index (χ4n) is 6.88. The van der Waals surface area contributed by atoms with Gasteiger partial charge in [0.05, 0.1) is 39.2 Å². The Bertz CT molecular complexity index is 1500. The van der Waals surface area contributed by atoms with E-state index >= 15 is 0 Å². The molecule has 3 aromatic rings. The van der Waals surface area contributed by atoms with Crippen LogP contribution in [0.4, 0.5) is 0 Å². The molecule has 12 heteroatoms. The fraction of sp³-hybridized carbons (Fsp3) is 0.536. The Morgan fingerprint density at radius 1 is 1.07 bits per heavy atom. The number of halogens is 2. The predicted molar refractivity (Wildman–Crippen MR) is 148 cm³/mol. The van der Waals surface area contributed by atoms with E-state index in [9.17, 15) is 14.7 Å². The zero-order valence-electron chi connectivity index (χ0n) is 22.1. The summed E-state index contributed by atoms with van der Waals surface area (Å²) < 4.78 is 6.43. The number of aliphatic hydroxyl groups excluding tert-OH is 1. The summed E-state index contributed by atoms with van der Waals surface area (Å²) in [6.07, 6.45) is 2.86. The van der Waals surface area contributed by atoms with E-state index in [4.69, 9.17) is 27.6 Å². The predicted octanol–water partition coefficient (Wildman–Crippen LogP) is 4.39. The van der Waals surface area contributed by atoms with E-state index in [-0.39, 0.29) is 34.5 Å². The summed E-state index contributed by atoms with van der Waals surface area (Å²) in [4.78, 5) is 34.9. The van der Waals surface area contributed by atoms with Crippen LogP contribution in [0, 0.1) is 16.7 Å². The average Bonchev–Trinajstić information content (AvgIpc) is 3.41. The molecule has 2 saturated carbocycles. The first-order valence-corrected chi connectivity index (χ1v) is 15.1. The molecule has 4 fully saturated rings. The van der Waals surface area contributed by atoms with E-state index in [0.29, 0.717) is 65.7 Å². The topological polar surface area (TPSA) is 113 Å². The number of likely N-dealkylation sites (tertiary alicyclic amines) is 2. The smallest absolute Gasteiger partial charge is 0.265 e. The van der Waals surface area contributed by atoms with Crippen molar-refractivity contribution in [1.82, 2.24) is 25.0 Å². The van der Waals surface area contributed by atoms with Gasteiger partial charge in [-0.05, 0) is 42.4 Å². The SMILES string of the molecule is CC1(C)C[C@@H]1C(=O)N1CC2(CN(C(=O)c3cncs3)CC2c2nnc(C3(c4ccc(Cl)c(Cl)c4)CC(O)C3)o2)C1. The zero-order chi connectivity index (χ0) is 28.0. The highest BCUT2D eigenvalue weighted by atomic mass is 35.5. The minimum atomic E-state index is -0.665. The number of aliphatic hydroxyl groups is 1. The van der Waals surface area contributed by atoms with Crippen molar-refractivity contribution in [1.29, 1.82) is 0 Å². The molecule has 2 aromatic heterocycles. The lowest BCUT2D eigenvalue weighted by atomic mass is 9.62. The summed E-state index contributed by atoms with van der Waals surface area (Å²) in [7, 11) is 0. The Hall–Kier alpha value is -2.53. The lowest BCUT2D eigenvalue weighted by molar-refractivity contribution is -0.146. The van der Waals surface area contributed by atoms with Crippen molar-refractivity contribution in [3.63, 3.8) is 0 Å². The summed E-state index contributed by atoms with van der Waals surface area (Å²) in [6, 6.07) is 5.41. The summed E-state index contributed by atoms with van der Waals surface area (Å²) in [6.45, 7) is 6.26. The second-order valence-corrected chi connectivity index (χ2v) is 14.3. The standard InChI is InChI=1S/C28H29Cl2N5O4S/c1-26(2)8-17(26)23(37)35-12-27(13-35)11-34(24(38)21-9-31-14-40-21)10-18(27)22-32-33-25(39-22)28(6-16(36)7-28)15-3-4-19(29)20(30)5-15/h3-5,9,14,16-18,36H,6-8,10-13H2,1-2H3/t16?,17-,18?,28?/m1/s1. The second-order valence-electron chi connectivity index (χ2n) is 12.6. The first-order chi connectivity index (χ1) is 19.0. The molecule has 2 atom stereocenters. The van der Waals surface area contributed by atoms with Crippen molar-refractivity contribution in [3.8, 4) is 0 Å². The molecule has 2 aliphatic heterocycles. The number of nitrogens with zero attached hydrogens (tertiary/aromatic N) is 5. The highest BCUT2D eigenvalue weighted by Crippen LogP contribution is 2.56. The largest absolute Gasteiger partial charge is 0.424 e. The van der Waals surface area contributed by atoms with Gasteiger partial charge in [0.25, 0.3) is 5.91 Å². The third-order valence-electron chi connectivity index (χ3n) is 9.50. The first-order valence-electron chi connectivity index (χ1n) is 13.5. The molecule has 2 aliphatic carbocycles. The van der Waals surface area contributed by atoms with Crippen LogP contribution in [0.1, 0.15) is 66.0 Å². The van der Waals surface area contributed by atoms with Gasteiger partial charge in [-0.15, -0.1) is 21.5 Å². The molecule has 2 saturated heterocycles. The van der Waals surface area contributed by atoms with Crippen molar-refractivity contribution in [2.75, 3.05) is 26.2 Å². The number of hydrogen-bond acceptors (Lipinski definition) is 8. The van der Waals surface area contributed by atoms with Crippen LogP contribution in [-0.2, 0) is 10.2 Å². The summed E-state index contributed by atoms with van der Waals surface area (Å²) in [5.41, 5.74) is 1.53. The maximum Gasteiger partial charge on any atom is 0.265 e. The van der Waals surface area contributed by atoms with Gasteiger partial charge in [0, 0.05) is 37.5 Å². The summed E-state index contributed by atoms with van der Waals surface area (Å²) in [5, 5.41) is 20.1. The van der Waals surface area contributed by atoms with Gasteiger partial charge in [0.2, 0.25) is 17.7 Å². The molecule has 4 aliphatic rings. The highest BCUT2D eigenvalue weighted by Gasteiger charge is 2.62. The fourth-order valence-corrected chi connectivity index (χ4v) is 7.77. The first kappa shape index (κ1) is 26.4. The summed E-state index contributed by atoms with van der Waals surface area (Å²) in [5.74, 6) is 0.819. The van der Waals surface area contributed by atoms with Crippen LogP contribution in [0.15, 0.2) is 34.3 Å². The number of carbonyl (C=O) groups is 2. The van der Waals surface area contributed by atoms with E-state index in [1.54, 1.807) is 23.8 Å². The molecule has 40 heavy (non-hydrogen) atoms. The van der Waals surface area contributed by atoms with Gasteiger partial charge in [0.1, 0.15) is 4.88 Å². The van der Waals surface area contributed by atoms with Gasteiger partial charge in [0.15, 0.2) is 0 Å². The lowest BCUT2D eigenvalue weighted by Crippen LogP contribution is -2.62. The average molecular weight is 603 g/mol. The molecular weight excluding hydrogens is 573 g/mol. The van der Waals surface area contributed by atoms with Crippen LogP contribution < -0.4 is 0 Å². The van der Waals surface area contributed by atoms with Crippen LogP contribution in [-0.4, -0.2) is 74.2 Å². The van der Waals surface area contributed by atoms with Crippen LogP contribution in [0.5, 0.6) is 0 Å². The van der Waals surface area contributed by atoms with Crippen LogP contribution in [0.25, 0.3) is 0 Å². The van der Waals surface area contributed by atoms with Gasteiger partial charge in [-0.3, -0.25) is 14.6 Å². The summed E-state index contributed by atoms with van der Waals surface area (Å²) >= 11 is 13.8. The monoisotopic (exact) mass is 601 g/mol. The molecule has 210 valence electrons. The molecule has 0 bridgehead atoms. The molecule has 1 N–H and O–H groups in total. The molecular formula is C28H29Cl2N5O4S. The Kier molecular flexibility index (Phi) is 5.92. The van der Waals surface area contributed by atoms with Crippen molar-refractivity contribution >= 4 is 46.4 Å². The third-order valence-corrected chi connectivity index (χ3v) is 11.0. The molecule has 4 heterocycles. The van der Waals surface area contributed by atoms with Crippen LogP contribution >= 0.6 is 34.5 Å². The molecule has 2 amide bonds. The van der Waals surface area contributed by atoms with E-state index in [2.05, 4.69) is 29.0 Å². The number of carbonyl (C=O) groups excluding carboxylic acids is 2. The van der Waals surface area contributed by atoms with Gasteiger partial charge in [-0.2, -0.15) is 0 Å². The van der Waals surface area contributed by atoms with Gasteiger partial charge in [-0.25, -0.2) is 0 Å². The maximum absolute atomic E-state index is 13.3. The lowest BCUT2D eigenvalue weighted by Gasteiger charge is -2.50. The Morgan fingerprint density at radius 2 is 1.80 bits per heavy atom. The Labute approximate surface area is 245 Å². The number of benzene rings is 1. The Balaban J connectivity index is 1.19. The van der Waals surface area contributed by atoms with Crippen molar-refractivity contribution < 1.29 is 19.1 Å². The number of thiazole rings is 1. The van der Waals surface area contributed by atoms with E-state index in [1.807, 2.05) is 15.9 Å². The number of amides is 2. The number of aromatic nitrogens is 3. The quantitative estimate of drug-likeness (QED) is 0.461. The third kappa shape index (κ3) is 4.01. The van der Waals surface area contributed by atoms with Crippen molar-refractivity contribution in [2.45, 2.75) is 50.5 Å². The van der Waals surface area contributed by atoms with E-state index in [0.717, 1.165) is 12.0 Å². The number of rotatable bonds is 5. The highest BCUT2D eigenvalue weighted by molar-refractivity contribution is 7.11.